The van der Waals surface area contributed by atoms with Crippen LogP contribution in [0.2, 0.25) is 0 Å². The zero-order valence-corrected chi connectivity index (χ0v) is 17.2. The smallest absolute Gasteiger partial charge is 0.243 e. The molecule has 1 aliphatic rings. The first-order valence-corrected chi connectivity index (χ1v) is 10.9. The molecule has 0 spiro atoms. The summed E-state index contributed by atoms with van der Waals surface area (Å²) in [5.74, 6) is -0.185. The van der Waals surface area contributed by atoms with Crippen molar-refractivity contribution in [1.82, 2.24) is 14.5 Å². The number of nitrogens with zero attached hydrogens (tertiary/aromatic N) is 2. The van der Waals surface area contributed by atoms with E-state index in [9.17, 15) is 18.0 Å². The van der Waals surface area contributed by atoms with E-state index in [0.29, 0.717) is 19.5 Å². The normalized spacial score (nSPS) is 14.4. The topological polar surface area (TPSA) is 86.8 Å². The van der Waals surface area contributed by atoms with Crippen LogP contribution in [-0.2, 0) is 32.7 Å². The lowest BCUT2D eigenvalue weighted by Gasteiger charge is -2.17. The summed E-state index contributed by atoms with van der Waals surface area (Å²) in [6, 6.07) is 15.7. The molecule has 8 heteroatoms. The van der Waals surface area contributed by atoms with Crippen LogP contribution in [0.5, 0.6) is 0 Å². The molecular formula is C21H25N3O4S. The Labute approximate surface area is 171 Å². The van der Waals surface area contributed by atoms with Gasteiger partial charge in [0.15, 0.2) is 0 Å². The summed E-state index contributed by atoms with van der Waals surface area (Å²) in [5.41, 5.74) is 1.95. The van der Waals surface area contributed by atoms with Crippen LogP contribution in [0.3, 0.4) is 0 Å². The Kier molecular flexibility index (Phi) is 6.66. The molecule has 3 rings (SSSR count). The maximum absolute atomic E-state index is 12.5. The van der Waals surface area contributed by atoms with Crippen molar-refractivity contribution in [1.29, 1.82) is 0 Å². The van der Waals surface area contributed by atoms with Crippen LogP contribution in [-0.4, -0.2) is 49.6 Å². The lowest BCUT2D eigenvalue weighted by atomic mass is 10.1. The Balaban J connectivity index is 1.49. The van der Waals surface area contributed by atoms with Crippen molar-refractivity contribution in [2.75, 3.05) is 20.1 Å². The molecule has 2 amide bonds. The second-order valence-corrected chi connectivity index (χ2v) is 9.13. The Morgan fingerprint density at radius 3 is 2.34 bits per heavy atom. The molecule has 0 atom stereocenters. The van der Waals surface area contributed by atoms with Crippen LogP contribution >= 0.6 is 0 Å². The second kappa shape index (κ2) is 9.19. The maximum Gasteiger partial charge on any atom is 0.243 e. The number of sulfonamides is 1. The molecule has 1 fully saturated rings. The molecule has 1 heterocycles. The van der Waals surface area contributed by atoms with Gasteiger partial charge in [-0.05, 0) is 29.7 Å². The highest BCUT2D eigenvalue weighted by atomic mass is 32.2. The largest absolute Gasteiger partial charge is 0.351 e. The van der Waals surface area contributed by atoms with E-state index < -0.39 is 10.0 Å². The maximum atomic E-state index is 12.5. The molecule has 2 aromatic carbocycles. The fourth-order valence-electron chi connectivity index (χ4n) is 3.17. The van der Waals surface area contributed by atoms with Gasteiger partial charge in [0.25, 0.3) is 0 Å². The monoisotopic (exact) mass is 415 g/mol. The molecule has 1 aliphatic heterocycles. The summed E-state index contributed by atoms with van der Waals surface area (Å²) in [7, 11) is -2.31. The Morgan fingerprint density at radius 1 is 1.07 bits per heavy atom. The molecule has 0 aliphatic carbocycles. The molecule has 7 nitrogen and oxygen atoms in total. The number of hydrogen-bond donors (Lipinski definition) is 1. The van der Waals surface area contributed by atoms with E-state index in [2.05, 4.69) is 5.32 Å². The van der Waals surface area contributed by atoms with Crippen molar-refractivity contribution < 1.29 is 18.0 Å². The van der Waals surface area contributed by atoms with Gasteiger partial charge in [0, 0.05) is 33.1 Å². The zero-order chi connectivity index (χ0) is 20.9. The minimum Gasteiger partial charge on any atom is -0.351 e. The predicted octanol–water partition coefficient (Wildman–Crippen LogP) is 1.75. The molecule has 0 radical (unpaired) electrons. The third-order valence-electron chi connectivity index (χ3n) is 4.88. The molecular weight excluding hydrogens is 390 g/mol. The van der Waals surface area contributed by atoms with E-state index in [1.54, 1.807) is 18.2 Å². The summed E-state index contributed by atoms with van der Waals surface area (Å²) in [4.78, 5) is 25.9. The summed E-state index contributed by atoms with van der Waals surface area (Å²) < 4.78 is 26.0. The van der Waals surface area contributed by atoms with Crippen molar-refractivity contribution in [3.63, 3.8) is 0 Å². The number of amides is 2. The molecule has 1 saturated heterocycles. The minimum atomic E-state index is -3.70. The van der Waals surface area contributed by atoms with Gasteiger partial charge in [-0.3, -0.25) is 9.59 Å². The van der Waals surface area contributed by atoms with Gasteiger partial charge in [-0.25, -0.2) is 8.42 Å². The van der Waals surface area contributed by atoms with E-state index in [1.807, 2.05) is 29.2 Å². The molecule has 0 saturated carbocycles. The Bertz CT molecular complexity index is 959. The summed E-state index contributed by atoms with van der Waals surface area (Å²) in [6.45, 7) is 1.46. The number of likely N-dealkylation sites (N-methyl/N-ethyl adjacent to an activating group) is 1. The van der Waals surface area contributed by atoms with Crippen LogP contribution < -0.4 is 5.32 Å². The number of likely N-dealkylation sites (tertiary alicyclic amines) is 1. The van der Waals surface area contributed by atoms with E-state index in [0.717, 1.165) is 28.4 Å². The van der Waals surface area contributed by atoms with Gasteiger partial charge in [0.1, 0.15) is 0 Å². The predicted molar refractivity (Wildman–Crippen MR) is 109 cm³/mol. The third-order valence-corrected chi connectivity index (χ3v) is 6.69. The van der Waals surface area contributed by atoms with Gasteiger partial charge in [-0.15, -0.1) is 0 Å². The highest BCUT2D eigenvalue weighted by Gasteiger charge is 2.22. The quantitative estimate of drug-likeness (QED) is 0.712. The first kappa shape index (κ1) is 21.0. The van der Waals surface area contributed by atoms with E-state index in [-0.39, 0.29) is 23.3 Å². The van der Waals surface area contributed by atoms with E-state index in [1.165, 1.54) is 19.2 Å². The standard InChI is InChI=1S/C21H25N3O4S/c1-23(29(27,28)19-6-3-2-4-7-19)16-20(25)22-14-17-9-11-18(12-10-17)15-24-13-5-8-21(24)26/h2-4,6-7,9-12H,5,8,13-16H2,1H3,(H,22,25). The van der Waals surface area contributed by atoms with Crippen molar-refractivity contribution in [3.8, 4) is 0 Å². The number of rotatable bonds is 8. The van der Waals surface area contributed by atoms with Crippen molar-refractivity contribution >= 4 is 21.8 Å². The first-order valence-electron chi connectivity index (χ1n) is 9.50. The van der Waals surface area contributed by atoms with Crippen molar-refractivity contribution in [2.24, 2.45) is 0 Å². The minimum absolute atomic E-state index is 0.155. The Morgan fingerprint density at radius 2 is 1.72 bits per heavy atom. The summed E-state index contributed by atoms with van der Waals surface area (Å²) in [6.07, 6.45) is 1.54. The van der Waals surface area contributed by atoms with Crippen LogP contribution in [0, 0.1) is 0 Å². The van der Waals surface area contributed by atoms with Gasteiger partial charge < -0.3 is 10.2 Å². The molecule has 0 aromatic heterocycles. The van der Waals surface area contributed by atoms with Gasteiger partial charge in [-0.2, -0.15) is 4.31 Å². The van der Waals surface area contributed by atoms with Gasteiger partial charge in [0.05, 0.1) is 11.4 Å². The number of nitrogens with one attached hydrogen (secondary N) is 1. The van der Waals surface area contributed by atoms with Crippen molar-refractivity contribution in [2.45, 2.75) is 30.8 Å². The zero-order valence-electron chi connectivity index (χ0n) is 16.4. The summed E-state index contributed by atoms with van der Waals surface area (Å²) in [5, 5.41) is 2.74. The number of benzene rings is 2. The van der Waals surface area contributed by atoms with Crippen LogP contribution in [0.15, 0.2) is 59.5 Å². The number of carbonyl (C=O) groups excluding carboxylic acids is 2. The molecule has 154 valence electrons. The number of carbonyl (C=O) groups is 2. The van der Waals surface area contributed by atoms with Crippen LogP contribution in [0.1, 0.15) is 24.0 Å². The lowest BCUT2D eigenvalue weighted by Crippen LogP contribution is -2.38. The fraction of sp³-hybridized carbons (Fsp3) is 0.333. The first-order chi connectivity index (χ1) is 13.9. The fourth-order valence-corrected chi connectivity index (χ4v) is 4.32. The molecule has 0 bridgehead atoms. The van der Waals surface area contributed by atoms with Crippen molar-refractivity contribution in [3.05, 3.63) is 65.7 Å². The molecule has 0 unspecified atom stereocenters. The molecule has 1 N–H and O–H groups in total. The lowest BCUT2D eigenvalue weighted by molar-refractivity contribution is -0.128. The van der Waals surface area contributed by atoms with E-state index >= 15 is 0 Å². The van der Waals surface area contributed by atoms with Gasteiger partial charge in [-0.1, -0.05) is 42.5 Å². The summed E-state index contributed by atoms with van der Waals surface area (Å²) >= 11 is 0. The van der Waals surface area contributed by atoms with E-state index in [4.69, 9.17) is 0 Å². The third kappa shape index (κ3) is 5.42. The average Bonchev–Trinajstić information content (AvgIpc) is 3.12. The van der Waals surface area contributed by atoms with Crippen LogP contribution in [0.25, 0.3) is 0 Å². The van der Waals surface area contributed by atoms with Gasteiger partial charge in [0.2, 0.25) is 21.8 Å². The molecule has 2 aromatic rings. The van der Waals surface area contributed by atoms with Crippen LogP contribution in [0.4, 0.5) is 0 Å². The highest BCUT2D eigenvalue weighted by molar-refractivity contribution is 7.89. The average molecular weight is 416 g/mol. The van der Waals surface area contributed by atoms with Gasteiger partial charge >= 0.3 is 0 Å². The SMILES string of the molecule is CN(CC(=O)NCc1ccc(CN2CCCC2=O)cc1)S(=O)(=O)c1ccccc1. The Hall–Kier alpha value is -2.71. The second-order valence-electron chi connectivity index (χ2n) is 7.09. The molecule has 29 heavy (non-hydrogen) atoms. The highest BCUT2D eigenvalue weighted by Crippen LogP contribution is 2.15. The number of hydrogen-bond acceptors (Lipinski definition) is 4.